The van der Waals surface area contributed by atoms with E-state index in [-0.39, 0.29) is 28.4 Å². The number of nitro benzene ring substituents is 1. The zero-order valence-corrected chi connectivity index (χ0v) is 13.7. The monoisotopic (exact) mass is 369 g/mol. The first-order chi connectivity index (χ1) is 12.0. The van der Waals surface area contributed by atoms with Gasteiger partial charge in [0.15, 0.2) is 17.3 Å². The van der Waals surface area contributed by atoms with E-state index in [9.17, 15) is 18.9 Å². The molecule has 0 unspecified atom stereocenters. The molecule has 0 radical (unpaired) electrons. The molecule has 2 heterocycles. The average molecular weight is 370 g/mol. The number of hydrogen-bond acceptors (Lipinski definition) is 5. The molecule has 1 aliphatic heterocycles. The molecule has 1 saturated heterocycles. The van der Waals surface area contributed by atoms with Gasteiger partial charge in [0, 0.05) is 38.2 Å². The molecule has 0 spiro atoms. The Kier molecular flexibility index (Phi) is 4.98. The van der Waals surface area contributed by atoms with E-state index >= 15 is 0 Å². The summed E-state index contributed by atoms with van der Waals surface area (Å²) in [5.41, 5.74) is -0.300. The van der Waals surface area contributed by atoms with Crippen LogP contribution in [0, 0.1) is 21.7 Å². The van der Waals surface area contributed by atoms with Gasteiger partial charge in [-0.3, -0.25) is 10.1 Å². The van der Waals surface area contributed by atoms with Crippen LogP contribution in [0.1, 0.15) is 12.8 Å². The van der Waals surface area contributed by atoms with Crippen LogP contribution in [-0.4, -0.2) is 29.1 Å². The van der Waals surface area contributed by atoms with E-state index in [4.69, 9.17) is 16.3 Å². The lowest BCUT2D eigenvalue weighted by atomic mass is 10.1. The smallest absolute Gasteiger partial charge is 0.295 e. The summed E-state index contributed by atoms with van der Waals surface area (Å²) in [5.74, 6) is -1.43. The fourth-order valence-corrected chi connectivity index (χ4v) is 2.95. The molecular formula is C16H14ClF2N3O3. The highest BCUT2D eigenvalue weighted by molar-refractivity contribution is 6.30. The van der Waals surface area contributed by atoms with Crippen LogP contribution in [0.4, 0.5) is 20.2 Å². The minimum atomic E-state index is -0.653. The highest BCUT2D eigenvalue weighted by atomic mass is 35.5. The second kappa shape index (κ2) is 7.18. The van der Waals surface area contributed by atoms with Crippen molar-refractivity contribution < 1.29 is 18.4 Å². The van der Waals surface area contributed by atoms with Crippen molar-refractivity contribution in [3.8, 4) is 5.88 Å². The minimum absolute atomic E-state index is 0.0262. The van der Waals surface area contributed by atoms with E-state index in [1.54, 1.807) is 4.90 Å². The van der Waals surface area contributed by atoms with Gasteiger partial charge in [-0.05, 0) is 12.1 Å². The average Bonchev–Trinajstić information content (AvgIpc) is 2.58. The first-order valence-electron chi connectivity index (χ1n) is 7.61. The summed E-state index contributed by atoms with van der Waals surface area (Å²) in [5, 5.41) is 11.3. The standard InChI is InChI=1S/C16H14ClF2N3O3/c17-10-8-13(19)16(20-9-10)25-11-4-6-21(7-5-11)15-12(18)2-1-3-14(15)22(23)24/h1-3,8-9,11H,4-7H2. The first-order valence-corrected chi connectivity index (χ1v) is 7.99. The van der Waals surface area contributed by atoms with Crippen molar-refractivity contribution >= 4 is 23.0 Å². The van der Waals surface area contributed by atoms with Gasteiger partial charge in [-0.25, -0.2) is 13.8 Å². The Morgan fingerprint density at radius 1 is 1.28 bits per heavy atom. The van der Waals surface area contributed by atoms with Crippen LogP contribution in [-0.2, 0) is 0 Å². The van der Waals surface area contributed by atoms with Crippen molar-refractivity contribution in [2.75, 3.05) is 18.0 Å². The lowest BCUT2D eigenvalue weighted by Gasteiger charge is -2.33. The number of aromatic nitrogens is 1. The molecule has 1 fully saturated rings. The molecule has 0 aliphatic carbocycles. The zero-order chi connectivity index (χ0) is 18.0. The fraction of sp³-hybridized carbons (Fsp3) is 0.312. The Morgan fingerprint density at radius 3 is 2.64 bits per heavy atom. The fourth-order valence-electron chi connectivity index (χ4n) is 2.81. The molecule has 0 amide bonds. The third-order valence-electron chi connectivity index (χ3n) is 3.97. The third kappa shape index (κ3) is 3.79. The highest BCUT2D eigenvalue weighted by Gasteiger charge is 2.28. The molecular weight excluding hydrogens is 356 g/mol. The predicted octanol–water partition coefficient (Wildman–Crippen LogP) is 3.97. The number of para-hydroxylation sites is 1. The summed E-state index contributed by atoms with van der Waals surface area (Å²) in [6, 6.07) is 4.88. The second-order valence-corrected chi connectivity index (χ2v) is 6.05. The number of benzene rings is 1. The normalized spacial score (nSPS) is 15.2. The Bertz CT molecular complexity index is 798. The summed E-state index contributed by atoms with van der Waals surface area (Å²) in [6.45, 7) is 0.698. The van der Waals surface area contributed by atoms with Crippen LogP contribution in [0.5, 0.6) is 5.88 Å². The Hall–Kier alpha value is -2.48. The van der Waals surface area contributed by atoms with Gasteiger partial charge in [0.1, 0.15) is 6.10 Å². The van der Waals surface area contributed by atoms with Crippen LogP contribution >= 0.6 is 11.6 Å². The summed E-state index contributed by atoms with van der Waals surface area (Å²) in [4.78, 5) is 15.9. The SMILES string of the molecule is O=[N+]([O-])c1cccc(F)c1N1CCC(Oc2ncc(Cl)cc2F)CC1. The van der Waals surface area contributed by atoms with Crippen LogP contribution in [0.25, 0.3) is 0 Å². The number of ether oxygens (including phenoxy) is 1. The van der Waals surface area contributed by atoms with Gasteiger partial charge in [0.2, 0.25) is 0 Å². The van der Waals surface area contributed by atoms with E-state index in [0.29, 0.717) is 25.9 Å². The van der Waals surface area contributed by atoms with Gasteiger partial charge in [-0.15, -0.1) is 0 Å². The minimum Gasteiger partial charge on any atom is -0.472 e. The molecule has 2 aromatic rings. The molecule has 0 bridgehead atoms. The van der Waals surface area contributed by atoms with Gasteiger partial charge >= 0.3 is 0 Å². The van der Waals surface area contributed by atoms with Crippen LogP contribution in [0.2, 0.25) is 5.02 Å². The number of nitro groups is 1. The molecule has 0 N–H and O–H groups in total. The molecule has 0 saturated carbocycles. The van der Waals surface area contributed by atoms with Crippen molar-refractivity contribution in [3.63, 3.8) is 0 Å². The molecule has 9 heteroatoms. The van der Waals surface area contributed by atoms with Crippen LogP contribution in [0.15, 0.2) is 30.5 Å². The molecule has 1 aromatic carbocycles. The van der Waals surface area contributed by atoms with E-state index < -0.39 is 16.6 Å². The highest BCUT2D eigenvalue weighted by Crippen LogP contribution is 2.33. The first kappa shape index (κ1) is 17.3. The van der Waals surface area contributed by atoms with Crippen molar-refractivity contribution in [2.45, 2.75) is 18.9 Å². The van der Waals surface area contributed by atoms with Gasteiger partial charge in [-0.2, -0.15) is 0 Å². The largest absolute Gasteiger partial charge is 0.472 e. The summed E-state index contributed by atoms with van der Waals surface area (Å²) >= 11 is 5.65. The Balaban J connectivity index is 1.69. The lowest BCUT2D eigenvalue weighted by Crippen LogP contribution is -2.39. The molecule has 1 aliphatic rings. The maximum absolute atomic E-state index is 14.1. The van der Waals surface area contributed by atoms with E-state index in [0.717, 1.165) is 6.07 Å². The van der Waals surface area contributed by atoms with Crippen LogP contribution < -0.4 is 9.64 Å². The number of hydrogen-bond donors (Lipinski definition) is 0. The number of halogens is 3. The quantitative estimate of drug-likeness (QED) is 0.602. The number of rotatable bonds is 4. The van der Waals surface area contributed by atoms with Gasteiger partial charge in [0.25, 0.3) is 11.6 Å². The van der Waals surface area contributed by atoms with Gasteiger partial charge in [0.05, 0.1) is 9.95 Å². The van der Waals surface area contributed by atoms with Crippen molar-refractivity contribution in [1.29, 1.82) is 0 Å². The van der Waals surface area contributed by atoms with Crippen molar-refractivity contribution in [1.82, 2.24) is 4.98 Å². The Morgan fingerprint density at radius 2 is 2.00 bits per heavy atom. The number of pyridine rings is 1. The van der Waals surface area contributed by atoms with Crippen molar-refractivity contribution in [2.24, 2.45) is 0 Å². The van der Waals surface area contributed by atoms with E-state index in [1.807, 2.05) is 0 Å². The van der Waals surface area contributed by atoms with Crippen LogP contribution in [0.3, 0.4) is 0 Å². The van der Waals surface area contributed by atoms with Gasteiger partial charge < -0.3 is 9.64 Å². The van der Waals surface area contributed by atoms with Gasteiger partial charge in [-0.1, -0.05) is 17.7 Å². The summed E-state index contributed by atoms with van der Waals surface area (Å²) in [6.07, 6.45) is 1.88. The van der Waals surface area contributed by atoms with Crippen molar-refractivity contribution in [3.05, 3.63) is 57.2 Å². The molecule has 25 heavy (non-hydrogen) atoms. The zero-order valence-electron chi connectivity index (χ0n) is 13.0. The summed E-state index contributed by atoms with van der Waals surface area (Å²) in [7, 11) is 0. The molecule has 3 rings (SSSR count). The maximum atomic E-state index is 14.1. The number of nitrogens with zero attached hydrogens (tertiary/aromatic N) is 3. The Labute approximate surface area is 147 Å². The third-order valence-corrected chi connectivity index (χ3v) is 4.18. The molecule has 0 atom stereocenters. The summed E-state index contributed by atoms with van der Waals surface area (Å²) < 4.78 is 33.3. The lowest BCUT2D eigenvalue weighted by molar-refractivity contribution is -0.384. The van der Waals surface area contributed by atoms with E-state index in [2.05, 4.69) is 4.98 Å². The molecule has 1 aromatic heterocycles. The maximum Gasteiger partial charge on any atom is 0.295 e. The molecule has 6 nitrogen and oxygen atoms in total. The predicted molar refractivity (Wildman–Crippen MR) is 88.1 cm³/mol. The van der Waals surface area contributed by atoms with E-state index in [1.165, 1.54) is 24.4 Å². The number of anilines is 1. The number of piperidine rings is 1. The topological polar surface area (TPSA) is 68.5 Å². The molecule has 132 valence electrons. The second-order valence-electron chi connectivity index (χ2n) is 5.61.